The molecule has 3 nitrogen and oxygen atoms in total. The molecular weight excluding hydrogens is 226 g/mol. The topological polar surface area (TPSA) is 38.3 Å². The first-order valence-corrected chi connectivity index (χ1v) is 6.40. The minimum atomic E-state index is -0.149. The van der Waals surface area contributed by atoms with Gasteiger partial charge in [0.1, 0.15) is 5.75 Å². The Balaban J connectivity index is 1.82. The third-order valence-corrected chi connectivity index (χ3v) is 3.13. The van der Waals surface area contributed by atoms with E-state index in [1.807, 2.05) is 31.2 Å². The molecule has 0 unspecified atom stereocenters. The molecule has 0 bridgehead atoms. The number of nitrogens with one attached hydrogen (secondary N) is 1. The number of carbonyl (C=O) groups excluding carboxylic acids is 1. The van der Waals surface area contributed by atoms with Crippen molar-refractivity contribution in [2.24, 2.45) is 0 Å². The number of esters is 1. The molecule has 0 spiro atoms. The molecule has 0 radical (unpaired) electrons. The van der Waals surface area contributed by atoms with Crippen molar-refractivity contribution in [3.63, 3.8) is 0 Å². The smallest absolute Gasteiger partial charge is 0.311 e. The third-order valence-electron chi connectivity index (χ3n) is 3.13. The number of hydrogen-bond acceptors (Lipinski definition) is 3. The van der Waals surface area contributed by atoms with Gasteiger partial charge in [0.05, 0.1) is 0 Å². The van der Waals surface area contributed by atoms with Gasteiger partial charge >= 0.3 is 5.97 Å². The highest BCUT2D eigenvalue weighted by atomic mass is 16.5. The van der Waals surface area contributed by atoms with Crippen molar-refractivity contribution in [1.82, 2.24) is 5.32 Å². The van der Waals surface area contributed by atoms with Gasteiger partial charge in [0, 0.05) is 13.0 Å². The van der Waals surface area contributed by atoms with Gasteiger partial charge in [-0.05, 0) is 37.9 Å². The molecule has 1 aromatic carbocycles. The van der Waals surface area contributed by atoms with E-state index in [1.165, 1.54) is 5.57 Å². The number of hydrogen-bond donors (Lipinski definition) is 1. The monoisotopic (exact) mass is 245 g/mol. The molecule has 0 aliphatic carbocycles. The zero-order chi connectivity index (χ0) is 12.8. The van der Waals surface area contributed by atoms with Crippen LogP contribution in [-0.4, -0.2) is 19.1 Å². The van der Waals surface area contributed by atoms with Gasteiger partial charge in [-0.1, -0.05) is 29.8 Å². The number of carbonyl (C=O) groups is 1. The molecule has 1 heterocycles. The maximum Gasteiger partial charge on any atom is 0.311 e. The van der Waals surface area contributed by atoms with Crippen molar-refractivity contribution in [1.29, 1.82) is 0 Å². The molecule has 0 fully saturated rings. The van der Waals surface area contributed by atoms with E-state index in [0.29, 0.717) is 12.2 Å². The Hall–Kier alpha value is -1.61. The van der Waals surface area contributed by atoms with Gasteiger partial charge in [-0.3, -0.25) is 4.79 Å². The summed E-state index contributed by atoms with van der Waals surface area (Å²) in [6.07, 6.45) is 4.48. The lowest BCUT2D eigenvalue weighted by molar-refractivity contribution is -0.134. The van der Waals surface area contributed by atoms with Crippen molar-refractivity contribution < 1.29 is 9.53 Å². The molecule has 1 N–H and O–H groups in total. The molecule has 1 aromatic rings. The van der Waals surface area contributed by atoms with Crippen molar-refractivity contribution in [2.45, 2.75) is 26.2 Å². The van der Waals surface area contributed by atoms with Gasteiger partial charge in [0.25, 0.3) is 0 Å². The van der Waals surface area contributed by atoms with Gasteiger partial charge in [0.15, 0.2) is 0 Å². The number of rotatable bonds is 4. The number of ether oxygens (including phenoxy) is 1. The summed E-state index contributed by atoms with van der Waals surface area (Å²) in [5, 5.41) is 3.26. The number of para-hydroxylation sites is 1. The predicted octanol–water partition coefficient (Wildman–Crippen LogP) is 2.60. The molecule has 0 aromatic heterocycles. The first-order valence-electron chi connectivity index (χ1n) is 6.40. The Morgan fingerprint density at radius 2 is 2.22 bits per heavy atom. The van der Waals surface area contributed by atoms with E-state index >= 15 is 0 Å². The lowest BCUT2D eigenvalue weighted by atomic mass is 10.0. The average molecular weight is 245 g/mol. The minimum absolute atomic E-state index is 0.149. The van der Waals surface area contributed by atoms with Crippen LogP contribution < -0.4 is 10.1 Å². The first-order chi connectivity index (χ1) is 8.75. The van der Waals surface area contributed by atoms with Crippen molar-refractivity contribution >= 4 is 5.97 Å². The zero-order valence-electron chi connectivity index (χ0n) is 10.7. The zero-order valence-corrected chi connectivity index (χ0v) is 10.7. The Morgan fingerprint density at radius 3 is 2.94 bits per heavy atom. The number of benzene rings is 1. The average Bonchev–Trinajstić information content (AvgIpc) is 2.40. The Kier molecular flexibility index (Phi) is 4.53. The highest BCUT2D eigenvalue weighted by Crippen LogP contribution is 2.18. The molecule has 0 saturated carbocycles. The van der Waals surface area contributed by atoms with Crippen LogP contribution >= 0.6 is 0 Å². The van der Waals surface area contributed by atoms with Crippen LogP contribution in [-0.2, 0) is 4.79 Å². The van der Waals surface area contributed by atoms with Crippen LogP contribution in [0.3, 0.4) is 0 Å². The van der Waals surface area contributed by atoms with Crippen LogP contribution in [0.15, 0.2) is 35.9 Å². The highest BCUT2D eigenvalue weighted by molar-refractivity contribution is 5.73. The summed E-state index contributed by atoms with van der Waals surface area (Å²) in [6.45, 7) is 3.87. The van der Waals surface area contributed by atoms with Crippen LogP contribution in [0.4, 0.5) is 0 Å². The summed E-state index contributed by atoms with van der Waals surface area (Å²) in [5.41, 5.74) is 2.35. The van der Waals surface area contributed by atoms with Crippen LogP contribution in [0, 0.1) is 6.92 Å². The summed E-state index contributed by atoms with van der Waals surface area (Å²) in [7, 11) is 0. The van der Waals surface area contributed by atoms with E-state index in [2.05, 4.69) is 11.4 Å². The summed E-state index contributed by atoms with van der Waals surface area (Å²) < 4.78 is 5.35. The summed E-state index contributed by atoms with van der Waals surface area (Å²) >= 11 is 0. The molecule has 0 amide bonds. The van der Waals surface area contributed by atoms with Gasteiger partial charge in [-0.25, -0.2) is 0 Å². The van der Waals surface area contributed by atoms with Crippen molar-refractivity contribution in [3.8, 4) is 5.75 Å². The summed E-state index contributed by atoms with van der Waals surface area (Å²) in [4.78, 5) is 11.7. The van der Waals surface area contributed by atoms with Gasteiger partial charge in [-0.2, -0.15) is 0 Å². The van der Waals surface area contributed by atoms with E-state index in [9.17, 15) is 4.79 Å². The minimum Gasteiger partial charge on any atom is -0.426 e. The molecule has 1 aliphatic heterocycles. The fraction of sp³-hybridized carbons (Fsp3) is 0.400. The fourth-order valence-corrected chi connectivity index (χ4v) is 2.00. The predicted molar refractivity (Wildman–Crippen MR) is 71.6 cm³/mol. The Bertz CT molecular complexity index is 452. The maximum absolute atomic E-state index is 11.7. The van der Waals surface area contributed by atoms with E-state index in [4.69, 9.17) is 4.74 Å². The number of aryl methyl sites for hydroxylation is 1. The lowest BCUT2D eigenvalue weighted by Crippen LogP contribution is -2.21. The summed E-state index contributed by atoms with van der Waals surface area (Å²) in [5.74, 6) is 0.519. The second-order valence-corrected chi connectivity index (χ2v) is 4.56. The molecule has 0 atom stereocenters. The molecule has 3 heteroatoms. The van der Waals surface area contributed by atoms with Crippen LogP contribution in [0.1, 0.15) is 24.8 Å². The molecule has 2 rings (SSSR count). The van der Waals surface area contributed by atoms with E-state index in [1.54, 1.807) is 0 Å². The lowest BCUT2D eigenvalue weighted by Gasteiger charge is -2.13. The van der Waals surface area contributed by atoms with Crippen molar-refractivity contribution in [3.05, 3.63) is 41.5 Å². The van der Waals surface area contributed by atoms with Gasteiger partial charge in [0.2, 0.25) is 0 Å². The van der Waals surface area contributed by atoms with Crippen LogP contribution in [0.2, 0.25) is 0 Å². The molecule has 1 aliphatic rings. The van der Waals surface area contributed by atoms with Crippen molar-refractivity contribution in [2.75, 3.05) is 13.1 Å². The normalized spacial score (nSPS) is 15.1. The van der Waals surface area contributed by atoms with Crippen LogP contribution in [0.5, 0.6) is 5.75 Å². The largest absolute Gasteiger partial charge is 0.426 e. The van der Waals surface area contributed by atoms with E-state index in [0.717, 1.165) is 31.5 Å². The van der Waals surface area contributed by atoms with Gasteiger partial charge < -0.3 is 10.1 Å². The highest BCUT2D eigenvalue weighted by Gasteiger charge is 2.09. The third kappa shape index (κ3) is 3.70. The fourth-order valence-electron chi connectivity index (χ4n) is 2.00. The Morgan fingerprint density at radius 1 is 1.39 bits per heavy atom. The quantitative estimate of drug-likeness (QED) is 0.503. The first kappa shape index (κ1) is 12.8. The standard InChI is InChI=1S/C15H19NO2/c1-12-4-2-3-5-14(12)18-15(17)7-6-13-8-10-16-11-9-13/h2-5,8,16H,6-7,9-11H2,1H3. The SMILES string of the molecule is Cc1ccccc1OC(=O)CCC1=CCNCC1. The van der Waals surface area contributed by atoms with E-state index < -0.39 is 0 Å². The second kappa shape index (κ2) is 6.36. The molecule has 96 valence electrons. The molecule has 0 saturated heterocycles. The maximum atomic E-state index is 11.7. The molecular formula is C15H19NO2. The summed E-state index contributed by atoms with van der Waals surface area (Å²) in [6, 6.07) is 7.59. The van der Waals surface area contributed by atoms with Crippen LogP contribution in [0.25, 0.3) is 0 Å². The van der Waals surface area contributed by atoms with E-state index in [-0.39, 0.29) is 5.97 Å². The Labute approximate surface area is 108 Å². The molecule has 18 heavy (non-hydrogen) atoms. The second-order valence-electron chi connectivity index (χ2n) is 4.56. The van der Waals surface area contributed by atoms with Gasteiger partial charge in [-0.15, -0.1) is 0 Å².